The summed E-state index contributed by atoms with van der Waals surface area (Å²) in [4.78, 5) is 2.51. The Morgan fingerprint density at radius 1 is 1.31 bits per heavy atom. The van der Waals surface area contributed by atoms with Gasteiger partial charge in [0.05, 0.1) is 0 Å². The summed E-state index contributed by atoms with van der Waals surface area (Å²) in [5, 5.41) is 3.45. The van der Waals surface area contributed by atoms with Gasteiger partial charge >= 0.3 is 0 Å². The van der Waals surface area contributed by atoms with E-state index in [2.05, 4.69) is 24.2 Å². The smallest absolute Gasteiger partial charge is 0.0103 e. The molecule has 76 valence electrons. The summed E-state index contributed by atoms with van der Waals surface area (Å²) >= 11 is 0. The first-order valence-electron chi connectivity index (χ1n) is 5.67. The second-order valence-electron chi connectivity index (χ2n) is 4.89. The highest BCUT2D eigenvalue weighted by atomic mass is 15.1. The minimum absolute atomic E-state index is 0.749. The van der Waals surface area contributed by atoms with Crippen molar-refractivity contribution >= 4 is 0 Å². The number of piperidine rings is 1. The predicted octanol–water partition coefficient (Wildman–Crippen LogP) is 1.47. The van der Waals surface area contributed by atoms with Crippen LogP contribution in [0.5, 0.6) is 0 Å². The maximum Gasteiger partial charge on any atom is 0.0103 e. The Labute approximate surface area is 81.7 Å². The lowest BCUT2D eigenvalue weighted by molar-refractivity contribution is -0.00777. The van der Waals surface area contributed by atoms with E-state index in [9.17, 15) is 0 Å². The van der Waals surface area contributed by atoms with Gasteiger partial charge in [0.15, 0.2) is 0 Å². The minimum Gasteiger partial charge on any atom is -0.317 e. The van der Waals surface area contributed by atoms with Gasteiger partial charge in [0.2, 0.25) is 0 Å². The van der Waals surface area contributed by atoms with Crippen molar-refractivity contribution in [3.63, 3.8) is 0 Å². The van der Waals surface area contributed by atoms with Crippen LogP contribution >= 0.6 is 0 Å². The molecule has 1 aliphatic heterocycles. The van der Waals surface area contributed by atoms with Gasteiger partial charge in [-0.1, -0.05) is 6.92 Å². The quantitative estimate of drug-likeness (QED) is 0.695. The molecule has 1 saturated heterocycles. The third-order valence-corrected chi connectivity index (χ3v) is 4.12. The lowest BCUT2D eigenvalue weighted by Gasteiger charge is -2.53. The maximum absolute atomic E-state index is 3.45. The van der Waals surface area contributed by atoms with Crippen LogP contribution < -0.4 is 5.32 Å². The summed E-state index contributed by atoms with van der Waals surface area (Å²) in [5.41, 5.74) is 0.749. The highest BCUT2D eigenvalue weighted by Gasteiger charge is 2.45. The molecule has 0 unspecified atom stereocenters. The Bertz CT molecular complexity index is 165. The molecule has 1 spiro atoms. The zero-order valence-electron chi connectivity index (χ0n) is 8.97. The average molecular weight is 182 g/mol. The number of rotatable bonds is 2. The van der Waals surface area contributed by atoms with Gasteiger partial charge in [-0.3, -0.25) is 0 Å². The molecule has 0 aromatic rings. The summed E-state index contributed by atoms with van der Waals surface area (Å²) in [6.45, 7) is 5.97. The molecule has 1 saturated carbocycles. The van der Waals surface area contributed by atoms with Crippen molar-refractivity contribution in [2.24, 2.45) is 5.41 Å². The van der Waals surface area contributed by atoms with Gasteiger partial charge in [0.25, 0.3) is 0 Å². The van der Waals surface area contributed by atoms with Crippen LogP contribution in [-0.2, 0) is 0 Å². The molecule has 0 aromatic carbocycles. The molecule has 0 radical (unpaired) electrons. The lowest BCUT2D eigenvalue weighted by atomic mass is 9.60. The molecule has 0 atom stereocenters. The summed E-state index contributed by atoms with van der Waals surface area (Å²) < 4.78 is 0. The van der Waals surface area contributed by atoms with E-state index in [1.54, 1.807) is 0 Å². The van der Waals surface area contributed by atoms with Crippen LogP contribution in [0, 0.1) is 5.41 Å². The Balaban J connectivity index is 1.81. The van der Waals surface area contributed by atoms with Crippen LogP contribution in [0.1, 0.15) is 32.6 Å². The molecule has 1 aliphatic carbocycles. The Hall–Kier alpha value is -0.0800. The number of hydrogen-bond donors (Lipinski definition) is 1. The predicted molar refractivity (Wildman–Crippen MR) is 55.9 cm³/mol. The van der Waals surface area contributed by atoms with Crippen LogP contribution in [-0.4, -0.2) is 37.6 Å². The van der Waals surface area contributed by atoms with E-state index in [-0.39, 0.29) is 0 Å². The third-order valence-electron chi connectivity index (χ3n) is 4.12. The highest BCUT2D eigenvalue weighted by molar-refractivity contribution is 4.99. The third kappa shape index (κ3) is 1.75. The monoisotopic (exact) mass is 182 g/mol. The van der Waals surface area contributed by atoms with Crippen molar-refractivity contribution in [3.05, 3.63) is 0 Å². The summed E-state index contributed by atoms with van der Waals surface area (Å²) in [6.07, 6.45) is 5.75. The van der Waals surface area contributed by atoms with Crippen molar-refractivity contribution in [2.75, 3.05) is 26.7 Å². The van der Waals surface area contributed by atoms with Gasteiger partial charge in [0, 0.05) is 6.04 Å². The van der Waals surface area contributed by atoms with Crippen LogP contribution in [0.3, 0.4) is 0 Å². The Morgan fingerprint density at radius 3 is 2.46 bits per heavy atom. The fourth-order valence-corrected chi connectivity index (χ4v) is 2.88. The second kappa shape index (κ2) is 3.58. The molecule has 2 heteroatoms. The molecule has 1 heterocycles. The van der Waals surface area contributed by atoms with E-state index >= 15 is 0 Å². The molecule has 2 fully saturated rings. The molecule has 1 N–H and O–H groups in total. The average Bonchev–Trinajstić information content (AvgIpc) is 2.14. The van der Waals surface area contributed by atoms with E-state index in [1.165, 1.54) is 45.3 Å². The molecule has 0 amide bonds. The van der Waals surface area contributed by atoms with E-state index < -0.39 is 0 Å². The largest absolute Gasteiger partial charge is 0.317 e. The fourth-order valence-electron chi connectivity index (χ4n) is 2.88. The van der Waals surface area contributed by atoms with Gasteiger partial charge in [-0.25, -0.2) is 0 Å². The topological polar surface area (TPSA) is 15.3 Å². The first-order valence-corrected chi connectivity index (χ1v) is 5.67. The second-order valence-corrected chi connectivity index (χ2v) is 4.89. The molecule has 0 bridgehead atoms. The van der Waals surface area contributed by atoms with E-state index in [1.807, 2.05) is 0 Å². The van der Waals surface area contributed by atoms with Gasteiger partial charge < -0.3 is 10.2 Å². The summed E-state index contributed by atoms with van der Waals surface area (Å²) in [7, 11) is 2.26. The molecule has 0 aromatic heterocycles. The van der Waals surface area contributed by atoms with Gasteiger partial charge in [-0.05, 0) is 57.8 Å². The fraction of sp³-hybridized carbons (Fsp3) is 1.00. The normalized spacial score (nSPS) is 27.9. The lowest BCUT2D eigenvalue weighted by Crippen LogP contribution is -2.53. The standard InChI is InChI=1S/C11H22N2/c1-3-13(2)10-8-11(9-10)4-6-12-7-5-11/h10,12H,3-9H2,1-2H3. The van der Waals surface area contributed by atoms with Crippen LogP contribution in [0.25, 0.3) is 0 Å². The van der Waals surface area contributed by atoms with Crippen molar-refractivity contribution in [1.29, 1.82) is 0 Å². The summed E-state index contributed by atoms with van der Waals surface area (Å²) in [6, 6.07) is 0.892. The maximum atomic E-state index is 3.45. The molecule has 13 heavy (non-hydrogen) atoms. The molecular weight excluding hydrogens is 160 g/mol. The molecule has 2 nitrogen and oxygen atoms in total. The SMILES string of the molecule is CCN(C)C1CC2(CCNCC2)C1. The summed E-state index contributed by atoms with van der Waals surface area (Å²) in [5.74, 6) is 0. The first-order chi connectivity index (χ1) is 6.26. The molecule has 2 aliphatic rings. The first kappa shape index (κ1) is 9.47. The molecular formula is C11H22N2. The zero-order valence-corrected chi connectivity index (χ0v) is 8.97. The minimum atomic E-state index is 0.749. The number of nitrogens with zero attached hydrogens (tertiary/aromatic N) is 1. The highest BCUT2D eigenvalue weighted by Crippen LogP contribution is 2.49. The van der Waals surface area contributed by atoms with Crippen LogP contribution in [0.4, 0.5) is 0 Å². The van der Waals surface area contributed by atoms with Gasteiger partial charge in [0.1, 0.15) is 0 Å². The number of hydrogen-bond acceptors (Lipinski definition) is 2. The molecule has 2 rings (SSSR count). The Morgan fingerprint density at radius 2 is 1.92 bits per heavy atom. The van der Waals surface area contributed by atoms with Crippen molar-refractivity contribution < 1.29 is 0 Å². The zero-order chi connectivity index (χ0) is 9.31. The van der Waals surface area contributed by atoms with E-state index in [4.69, 9.17) is 0 Å². The van der Waals surface area contributed by atoms with Gasteiger partial charge in [-0.15, -0.1) is 0 Å². The van der Waals surface area contributed by atoms with E-state index in [0.717, 1.165) is 11.5 Å². The number of nitrogens with one attached hydrogen (secondary N) is 1. The van der Waals surface area contributed by atoms with Crippen molar-refractivity contribution in [1.82, 2.24) is 10.2 Å². The van der Waals surface area contributed by atoms with Gasteiger partial charge in [-0.2, -0.15) is 0 Å². The van der Waals surface area contributed by atoms with E-state index in [0.29, 0.717) is 0 Å². The van der Waals surface area contributed by atoms with Crippen molar-refractivity contribution in [3.8, 4) is 0 Å². The van der Waals surface area contributed by atoms with Crippen LogP contribution in [0.2, 0.25) is 0 Å². The Kier molecular flexibility index (Phi) is 2.61. The van der Waals surface area contributed by atoms with Crippen LogP contribution in [0.15, 0.2) is 0 Å². The van der Waals surface area contributed by atoms with Crippen molar-refractivity contribution in [2.45, 2.75) is 38.6 Å².